The number of nitro groups is 1. The predicted molar refractivity (Wildman–Crippen MR) is 81.1 cm³/mol. The van der Waals surface area contributed by atoms with Crippen LogP contribution in [0.25, 0.3) is 0 Å². The SMILES string of the molecule is Cl.O=[N+]([O-])c1cc(C(F)(F)F)ccc1OCCC1CCCNC1. The van der Waals surface area contributed by atoms with Gasteiger partial charge in [0.2, 0.25) is 0 Å². The Hall–Kier alpha value is -1.54. The van der Waals surface area contributed by atoms with Gasteiger partial charge in [-0.15, -0.1) is 12.4 Å². The van der Waals surface area contributed by atoms with Crippen LogP contribution in [0.15, 0.2) is 18.2 Å². The molecule has 9 heteroatoms. The Morgan fingerprint density at radius 2 is 2.13 bits per heavy atom. The molecule has 0 aromatic heterocycles. The van der Waals surface area contributed by atoms with Crippen LogP contribution < -0.4 is 10.1 Å². The van der Waals surface area contributed by atoms with E-state index in [-0.39, 0.29) is 24.8 Å². The van der Waals surface area contributed by atoms with Crippen molar-refractivity contribution in [3.63, 3.8) is 0 Å². The molecule has 0 amide bonds. The molecule has 1 unspecified atom stereocenters. The van der Waals surface area contributed by atoms with Gasteiger partial charge in [0.15, 0.2) is 5.75 Å². The summed E-state index contributed by atoms with van der Waals surface area (Å²) >= 11 is 0. The van der Waals surface area contributed by atoms with Gasteiger partial charge in [-0.2, -0.15) is 13.2 Å². The van der Waals surface area contributed by atoms with Crippen LogP contribution in [0.2, 0.25) is 0 Å². The van der Waals surface area contributed by atoms with E-state index < -0.39 is 22.4 Å². The predicted octanol–water partition coefficient (Wildman–Crippen LogP) is 3.80. The number of alkyl halides is 3. The first-order valence-electron chi connectivity index (χ1n) is 7.07. The van der Waals surface area contributed by atoms with Crippen molar-refractivity contribution in [1.29, 1.82) is 0 Å². The fourth-order valence-corrected chi connectivity index (χ4v) is 2.46. The molecule has 1 aromatic rings. The van der Waals surface area contributed by atoms with Crippen molar-refractivity contribution >= 4 is 18.1 Å². The highest BCUT2D eigenvalue weighted by molar-refractivity contribution is 5.85. The van der Waals surface area contributed by atoms with Crippen molar-refractivity contribution in [2.75, 3.05) is 19.7 Å². The van der Waals surface area contributed by atoms with Crippen molar-refractivity contribution in [2.24, 2.45) is 5.92 Å². The Morgan fingerprint density at radius 1 is 1.39 bits per heavy atom. The molecule has 130 valence electrons. The molecule has 1 saturated heterocycles. The Bertz CT molecular complexity index is 534. The molecule has 0 bridgehead atoms. The van der Waals surface area contributed by atoms with Crippen LogP contribution in [0.5, 0.6) is 5.75 Å². The molecule has 2 rings (SSSR count). The molecule has 0 radical (unpaired) electrons. The van der Waals surface area contributed by atoms with E-state index in [0.717, 1.165) is 38.1 Å². The topological polar surface area (TPSA) is 64.4 Å². The molecular weight excluding hydrogens is 337 g/mol. The van der Waals surface area contributed by atoms with Gasteiger partial charge in [-0.1, -0.05) is 0 Å². The van der Waals surface area contributed by atoms with Crippen LogP contribution in [0.1, 0.15) is 24.8 Å². The number of ether oxygens (including phenoxy) is 1. The summed E-state index contributed by atoms with van der Waals surface area (Å²) in [5.74, 6) is 0.309. The minimum Gasteiger partial charge on any atom is -0.487 e. The van der Waals surface area contributed by atoms with E-state index in [2.05, 4.69) is 5.32 Å². The second kappa shape index (κ2) is 8.35. The molecule has 1 aliphatic rings. The molecular formula is C14H18ClF3N2O3. The Morgan fingerprint density at radius 3 is 2.70 bits per heavy atom. The van der Waals surface area contributed by atoms with Gasteiger partial charge in [0, 0.05) is 6.07 Å². The number of halogens is 4. The van der Waals surface area contributed by atoms with Gasteiger partial charge in [-0.25, -0.2) is 0 Å². The maximum atomic E-state index is 12.6. The fourth-order valence-electron chi connectivity index (χ4n) is 2.46. The largest absolute Gasteiger partial charge is 0.487 e. The summed E-state index contributed by atoms with van der Waals surface area (Å²) in [6.07, 6.45) is -1.77. The van der Waals surface area contributed by atoms with Gasteiger partial charge >= 0.3 is 11.9 Å². The molecule has 0 saturated carbocycles. The lowest BCUT2D eigenvalue weighted by atomic mass is 9.97. The lowest BCUT2D eigenvalue weighted by molar-refractivity contribution is -0.386. The second-order valence-corrected chi connectivity index (χ2v) is 5.29. The smallest absolute Gasteiger partial charge is 0.416 e. The number of nitrogens with one attached hydrogen (secondary N) is 1. The number of nitrogens with zero attached hydrogens (tertiary/aromatic N) is 1. The number of hydrogen-bond donors (Lipinski definition) is 1. The van der Waals surface area contributed by atoms with E-state index in [1.165, 1.54) is 0 Å². The molecule has 1 aromatic carbocycles. The van der Waals surface area contributed by atoms with Crippen molar-refractivity contribution in [1.82, 2.24) is 5.32 Å². The summed E-state index contributed by atoms with van der Waals surface area (Å²) in [5.41, 5.74) is -1.71. The molecule has 23 heavy (non-hydrogen) atoms. The first-order valence-corrected chi connectivity index (χ1v) is 7.07. The summed E-state index contributed by atoms with van der Waals surface area (Å²) < 4.78 is 43.1. The minimum absolute atomic E-state index is 0. The van der Waals surface area contributed by atoms with E-state index >= 15 is 0 Å². The number of rotatable bonds is 5. The van der Waals surface area contributed by atoms with E-state index in [9.17, 15) is 23.3 Å². The first-order chi connectivity index (χ1) is 10.4. The third kappa shape index (κ3) is 5.54. The maximum Gasteiger partial charge on any atom is 0.416 e. The third-order valence-electron chi connectivity index (χ3n) is 3.67. The number of piperidine rings is 1. The van der Waals surface area contributed by atoms with Gasteiger partial charge < -0.3 is 10.1 Å². The average Bonchev–Trinajstić information content (AvgIpc) is 2.47. The lowest BCUT2D eigenvalue weighted by Crippen LogP contribution is -2.30. The Balaban J connectivity index is 0.00000264. The third-order valence-corrected chi connectivity index (χ3v) is 3.67. The maximum absolute atomic E-state index is 12.6. The van der Waals surface area contributed by atoms with E-state index in [4.69, 9.17) is 4.74 Å². The van der Waals surface area contributed by atoms with Crippen molar-refractivity contribution in [3.05, 3.63) is 33.9 Å². The fraction of sp³-hybridized carbons (Fsp3) is 0.571. The van der Waals surface area contributed by atoms with E-state index in [0.29, 0.717) is 18.4 Å². The molecule has 5 nitrogen and oxygen atoms in total. The lowest BCUT2D eigenvalue weighted by Gasteiger charge is -2.22. The quantitative estimate of drug-likeness (QED) is 0.645. The number of benzene rings is 1. The Kier molecular flexibility index (Phi) is 7.08. The first kappa shape index (κ1) is 19.5. The van der Waals surface area contributed by atoms with Crippen molar-refractivity contribution < 1.29 is 22.8 Å². The van der Waals surface area contributed by atoms with Gasteiger partial charge in [0.1, 0.15) is 0 Å². The minimum atomic E-state index is -4.61. The van der Waals surface area contributed by atoms with Crippen LogP contribution in [0, 0.1) is 16.0 Å². The van der Waals surface area contributed by atoms with E-state index in [1.54, 1.807) is 0 Å². The van der Waals surface area contributed by atoms with Crippen molar-refractivity contribution in [2.45, 2.75) is 25.4 Å². The summed E-state index contributed by atoms with van der Waals surface area (Å²) in [4.78, 5) is 10.1. The number of nitro benzene ring substituents is 1. The summed E-state index contributed by atoms with van der Waals surface area (Å²) in [7, 11) is 0. The molecule has 1 atom stereocenters. The molecule has 0 aliphatic carbocycles. The van der Waals surface area contributed by atoms with Crippen LogP contribution in [-0.4, -0.2) is 24.6 Å². The molecule has 0 spiro atoms. The van der Waals surface area contributed by atoms with Gasteiger partial charge in [-0.05, 0) is 50.4 Å². The average molecular weight is 355 g/mol. The summed E-state index contributed by atoms with van der Waals surface area (Å²) in [6, 6.07) is 2.32. The van der Waals surface area contributed by atoms with Crippen LogP contribution in [-0.2, 0) is 6.18 Å². The standard InChI is InChI=1S/C14H17F3N2O3.ClH/c15-14(16,17)11-3-4-13(12(8-11)19(20)21)22-7-5-10-2-1-6-18-9-10;/h3-4,8,10,18H,1-2,5-7,9H2;1H. The van der Waals surface area contributed by atoms with Crippen LogP contribution in [0.3, 0.4) is 0 Å². The monoisotopic (exact) mass is 354 g/mol. The molecule has 1 aliphatic heterocycles. The highest BCUT2D eigenvalue weighted by Crippen LogP contribution is 2.36. The second-order valence-electron chi connectivity index (χ2n) is 5.29. The zero-order valence-electron chi connectivity index (χ0n) is 12.3. The van der Waals surface area contributed by atoms with E-state index in [1.807, 2.05) is 0 Å². The normalized spacial score (nSPS) is 18.1. The van der Waals surface area contributed by atoms with Crippen LogP contribution in [0.4, 0.5) is 18.9 Å². The van der Waals surface area contributed by atoms with Gasteiger partial charge in [0.25, 0.3) is 0 Å². The highest BCUT2D eigenvalue weighted by Gasteiger charge is 2.33. The zero-order chi connectivity index (χ0) is 16.2. The van der Waals surface area contributed by atoms with Gasteiger partial charge in [0.05, 0.1) is 17.1 Å². The Labute approximate surface area is 137 Å². The molecule has 1 fully saturated rings. The summed E-state index contributed by atoms with van der Waals surface area (Å²) in [5, 5.41) is 14.2. The highest BCUT2D eigenvalue weighted by atomic mass is 35.5. The number of hydrogen-bond acceptors (Lipinski definition) is 4. The van der Waals surface area contributed by atoms with Gasteiger partial charge in [-0.3, -0.25) is 10.1 Å². The van der Waals surface area contributed by atoms with Crippen LogP contribution >= 0.6 is 12.4 Å². The summed E-state index contributed by atoms with van der Waals surface area (Å²) in [6.45, 7) is 2.11. The zero-order valence-corrected chi connectivity index (χ0v) is 13.1. The van der Waals surface area contributed by atoms with Crippen molar-refractivity contribution in [3.8, 4) is 5.75 Å². The molecule has 1 heterocycles. The molecule has 1 N–H and O–H groups in total.